The smallest absolute Gasteiger partial charge is 0.313 e. The number of benzene rings is 3. The molecule has 174 valence electrons. The van der Waals surface area contributed by atoms with E-state index < -0.39 is 11.0 Å². The number of nitro groups is 1. The first-order valence-electron chi connectivity index (χ1n) is 10.3. The average molecular weight is 482 g/mol. The number of anilines is 2. The number of para-hydroxylation sites is 2. The van der Waals surface area contributed by atoms with E-state index in [1.165, 1.54) is 43.5 Å². The van der Waals surface area contributed by atoms with Crippen LogP contribution in [0.4, 0.5) is 17.1 Å². The molecule has 0 bridgehead atoms. The van der Waals surface area contributed by atoms with E-state index in [0.29, 0.717) is 16.9 Å². The monoisotopic (exact) mass is 481 g/mol. The molecule has 0 saturated carbocycles. The van der Waals surface area contributed by atoms with Gasteiger partial charge in [0, 0.05) is 29.1 Å². The second-order valence-corrected chi connectivity index (χ2v) is 8.07. The number of nitrogens with zero attached hydrogens (tertiary/aromatic N) is 2. The molecule has 1 aliphatic heterocycles. The van der Waals surface area contributed by atoms with E-state index in [-0.39, 0.29) is 46.2 Å². The van der Waals surface area contributed by atoms with Crippen LogP contribution in [0.2, 0.25) is 5.02 Å². The Kier molecular flexibility index (Phi) is 6.38. The molecule has 1 atom stereocenters. The number of nitro benzene ring substituents is 1. The summed E-state index contributed by atoms with van der Waals surface area (Å²) in [7, 11) is 1.40. The van der Waals surface area contributed by atoms with Crippen LogP contribution in [0, 0.1) is 10.1 Å². The Morgan fingerprint density at radius 3 is 2.59 bits per heavy atom. The number of amides is 2. The molecule has 4 rings (SSSR count). The fraction of sp³-hybridized carbons (Fsp3) is 0.167. The summed E-state index contributed by atoms with van der Waals surface area (Å²) < 4.78 is 11.1. The van der Waals surface area contributed by atoms with Crippen LogP contribution in [-0.2, 0) is 4.79 Å². The lowest BCUT2D eigenvalue weighted by Crippen LogP contribution is -2.39. The van der Waals surface area contributed by atoms with Crippen molar-refractivity contribution in [2.24, 2.45) is 0 Å². The predicted octanol–water partition coefficient (Wildman–Crippen LogP) is 5.43. The molecule has 3 aromatic rings. The lowest BCUT2D eigenvalue weighted by atomic mass is 10.1. The number of ether oxygens (including phenoxy) is 2. The van der Waals surface area contributed by atoms with E-state index in [4.69, 9.17) is 21.1 Å². The quantitative estimate of drug-likeness (QED) is 0.384. The number of rotatable bonds is 5. The Bertz CT molecular complexity index is 1300. The van der Waals surface area contributed by atoms with Crippen LogP contribution in [0.3, 0.4) is 0 Å². The summed E-state index contributed by atoms with van der Waals surface area (Å²) in [6, 6.07) is 15.3. The first-order chi connectivity index (χ1) is 16.3. The number of methoxy groups -OCH3 is 1. The van der Waals surface area contributed by atoms with E-state index in [0.717, 1.165) is 0 Å². The molecule has 3 aromatic carbocycles. The largest absolute Gasteiger partial charge is 0.493 e. The van der Waals surface area contributed by atoms with Gasteiger partial charge < -0.3 is 19.7 Å². The van der Waals surface area contributed by atoms with E-state index in [9.17, 15) is 19.7 Å². The van der Waals surface area contributed by atoms with Gasteiger partial charge in [-0.3, -0.25) is 19.7 Å². The van der Waals surface area contributed by atoms with Crippen molar-refractivity contribution in [1.82, 2.24) is 0 Å². The molecule has 10 heteroatoms. The van der Waals surface area contributed by atoms with Crippen molar-refractivity contribution >= 4 is 40.5 Å². The molecule has 0 radical (unpaired) electrons. The average Bonchev–Trinajstić information content (AvgIpc) is 2.93. The van der Waals surface area contributed by atoms with Gasteiger partial charge in [0.1, 0.15) is 0 Å². The number of carbonyl (C=O) groups excluding carboxylic acids is 2. The van der Waals surface area contributed by atoms with Crippen LogP contribution in [-0.4, -0.2) is 29.9 Å². The summed E-state index contributed by atoms with van der Waals surface area (Å²) in [5.41, 5.74) is 1.13. The zero-order valence-electron chi connectivity index (χ0n) is 18.3. The second kappa shape index (κ2) is 9.40. The predicted molar refractivity (Wildman–Crippen MR) is 127 cm³/mol. The maximum Gasteiger partial charge on any atom is 0.313 e. The Hall–Kier alpha value is -4.11. The van der Waals surface area contributed by atoms with Gasteiger partial charge >= 0.3 is 5.69 Å². The van der Waals surface area contributed by atoms with Gasteiger partial charge in [-0.05, 0) is 49.4 Å². The van der Waals surface area contributed by atoms with E-state index >= 15 is 0 Å². The van der Waals surface area contributed by atoms with Crippen molar-refractivity contribution in [2.45, 2.75) is 19.4 Å². The number of hydrogen-bond acceptors (Lipinski definition) is 6. The molecule has 0 aromatic heterocycles. The Labute approximate surface area is 200 Å². The summed E-state index contributed by atoms with van der Waals surface area (Å²) in [5, 5.41) is 14.4. The SMILES string of the molecule is COc1cc(C(=O)N2c3ccccc3NC(=O)C[C@H]2C)ccc1Oc1ccc(Cl)cc1[N+](=O)[O-]. The zero-order chi connectivity index (χ0) is 24.4. The molecule has 1 aliphatic rings. The lowest BCUT2D eigenvalue weighted by molar-refractivity contribution is -0.385. The fourth-order valence-electron chi connectivity index (χ4n) is 3.76. The highest BCUT2D eigenvalue weighted by Gasteiger charge is 2.31. The van der Waals surface area contributed by atoms with Crippen molar-refractivity contribution in [3.05, 3.63) is 81.4 Å². The van der Waals surface area contributed by atoms with E-state index in [1.807, 2.05) is 0 Å². The summed E-state index contributed by atoms with van der Waals surface area (Å²) in [6.45, 7) is 1.80. The molecular formula is C24H20ClN3O6. The van der Waals surface area contributed by atoms with Crippen molar-refractivity contribution in [3.63, 3.8) is 0 Å². The lowest BCUT2D eigenvalue weighted by Gasteiger charge is -2.28. The fourth-order valence-corrected chi connectivity index (χ4v) is 3.93. The second-order valence-electron chi connectivity index (χ2n) is 7.63. The van der Waals surface area contributed by atoms with Crippen molar-refractivity contribution in [3.8, 4) is 17.2 Å². The van der Waals surface area contributed by atoms with Crippen molar-refractivity contribution in [1.29, 1.82) is 0 Å². The van der Waals surface area contributed by atoms with Gasteiger partial charge in [0.05, 0.1) is 23.4 Å². The summed E-state index contributed by atoms with van der Waals surface area (Å²) in [6.07, 6.45) is 0.138. The van der Waals surface area contributed by atoms with Crippen molar-refractivity contribution in [2.75, 3.05) is 17.3 Å². The van der Waals surface area contributed by atoms with Crippen LogP contribution in [0.15, 0.2) is 60.7 Å². The molecule has 9 nitrogen and oxygen atoms in total. The first kappa shape index (κ1) is 23.1. The van der Waals surface area contributed by atoms with Gasteiger partial charge in [-0.15, -0.1) is 0 Å². The first-order valence-corrected chi connectivity index (χ1v) is 10.7. The minimum atomic E-state index is -0.598. The van der Waals surface area contributed by atoms with Crippen molar-refractivity contribution < 1.29 is 24.0 Å². The number of nitrogens with one attached hydrogen (secondary N) is 1. The molecule has 1 heterocycles. The molecule has 34 heavy (non-hydrogen) atoms. The molecule has 0 spiro atoms. The summed E-state index contributed by atoms with van der Waals surface area (Å²) in [4.78, 5) is 38.1. The number of fused-ring (bicyclic) bond motifs is 1. The molecule has 0 saturated heterocycles. The number of halogens is 1. The van der Waals surface area contributed by atoms with Gasteiger partial charge in [0.25, 0.3) is 5.91 Å². The van der Waals surface area contributed by atoms with Crippen LogP contribution in [0.5, 0.6) is 17.2 Å². The Balaban J connectivity index is 1.69. The van der Waals surface area contributed by atoms with E-state index in [1.54, 1.807) is 36.1 Å². The van der Waals surface area contributed by atoms with Gasteiger partial charge in [-0.1, -0.05) is 23.7 Å². The standard InChI is InChI=1S/C24H20ClN3O6/c1-14-11-23(29)26-17-5-3-4-6-18(17)27(14)24(30)15-7-9-21(22(12-15)33-2)34-20-10-8-16(25)13-19(20)28(31)32/h3-10,12-14H,11H2,1-2H3,(H,26,29)/t14-/m1/s1. The van der Waals surface area contributed by atoms with Gasteiger partial charge in [0.2, 0.25) is 11.7 Å². The third-order valence-corrected chi connectivity index (χ3v) is 5.56. The van der Waals surface area contributed by atoms with Crippen LogP contribution in [0.25, 0.3) is 0 Å². The molecule has 2 amide bonds. The number of carbonyl (C=O) groups is 2. The van der Waals surface area contributed by atoms with Crippen LogP contribution < -0.4 is 19.7 Å². The maximum absolute atomic E-state index is 13.5. The van der Waals surface area contributed by atoms with Gasteiger partial charge in [-0.2, -0.15) is 0 Å². The summed E-state index contributed by atoms with van der Waals surface area (Å²) in [5.74, 6) is -0.142. The van der Waals surface area contributed by atoms with Crippen LogP contribution >= 0.6 is 11.6 Å². The molecular weight excluding hydrogens is 462 g/mol. The summed E-state index contributed by atoms with van der Waals surface area (Å²) >= 11 is 5.87. The molecule has 0 fully saturated rings. The normalized spacial score (nSPS) is 15.1. The Morgan fingerprint density at radius 1 is 1.12 bits per heavy atom. The van der Waals surface area contributed by atoms with Crippen LogP contribution in [0.1, 0.15) is 23.7 Å². The Morgan fingerprint density at radius 2 is 1.85 bits per heavy atom. The molecule has 0 aliphatic carbocycles. The highest BCUT2D eigenvalue weighted by atomic mass is 35.5. The molecule has 1 N–H and O–H groups in total. The maximum atomic E-state index is 13.5. The third kappa shape index (κ3) is 4.51. The minimum absolute atomic E-state index is 0.0218. The third-order valence-electron chi connectivity index (χ3n) is 5.33. The van der Waals surface area contributed by atoms with E-state index in [2.05, 4.69) is 5.32 Å². The number of hydrogen-bond donors (Lipinski definition) is 1. The molecule has 0 unspecified atom stereocenters. The topological polar surface area (TPSA) is 111 Å². The highest BCUT2D eigenvalue weighted by molar-refractivity contribution is 6.30. The van der Waals surface area contributed by atoms with Gasteiger partial charge in [0.15, 0.2) is 11.5 Å². The minimum Gasteiger partial charge on any atom is -0.493 e. The highest BCUT2D eigenvalue weighted by Crippen LogP contribution is 2.39. The van der Waals surface area contributed by atoms with Gasteiger partial charge in [-0.25, -0.2) is 0 Å². The zero-order valence-corrected chi connectivity index (χ0v) is 19.0.